The molecule has 120 valence electrons. The second kappa shape index (κ2) is 7.32. The molecule has 0 atom stereocenters. The van der Waals surface area contributed by atoms with Crippen molar-refractivity contribution < 1.29 is 4.65 Å². The summed E-state index contributed by atoms with van der Waals surface area (Å²) in [7, 11) is 0. The van der Waals surface area contributed by atoms with Crippen molar-refractivity contribution in [1.82, 2.24) is 4.98 Å². The molecule has 2 aromatic carbocycles. The summed E-state index contributed by atoms with van der Waals surface area (Å²) in [4.78, 5) is 4.33. The van der Waals surface area contributed by atoms with Crippen LogP contribution in [0.2, 0.25) is 0 Å². The Morgan fingerprint density at radius 3 is 1.83 bits per heavy atom. The maximum atomic E-state index is 6.46. The number of anilines is 1. The fourth-order valence-electron chi connectivity index (χ4n) is 2.65. The standard InChI is InChI=1S/C20H21BN2O/c1-20(2,23-19-15-9-10-16-22-19)24-21(17-11-5-3-6-12-17)18-13-7-4-8-14-18/h3-16H,1-2H3,(H,22,23). The van der Waals surface area contributed by atoms with Crippen molar-refractivity contribution >= 4 is 23.7 Å². The summed E-state index contributed by atoms with van der Waals surface area (Å²) in [6.45, 7) is 3.87. The van der Waals surface area contributed by atoms with Crippen LogP contribution < -0.4 is 16.2 Å². The first-order chi connectivity index (χ1) is 11.6. The Labute approximate surface area is 143 Å². The quantitative estimate of drug-likeness (QED) is 0.561. The molecule has 24 heavy (non-hydrogen) atoms. The summed E-state index contributed by atoms with van der Waals surface area (Å²) in [6.07, 6.45) is 1.77. The van der Waals surface area contributed by atoms with E-state index in [9.17, 15) is 0 Å². The lowest BCUT2D eigenvalue weighted by Gasteiger charge is -2.31. The van der Waals surface area contributed by atoms with Gasteiger partial charge in [0.05, 0.1) is 0 Å². The highest BCUT2D eigenvalue weighted by Crippen LogP contribution is 2.15. The third kappa shape index (κ3) is 4.24. The summed E-state index contributed by atoms with van der Waals surface area (Å²) < 4.78 is 6.46. The lowest BCUT2D eigenvalue weighted by atomic mass is 9.55. The number of nitrogens with one attached hydrogen (secondary N) is 1. The SMILES string of the molecule is CC(C)(Nc1ccccn1)OB(c1ccccc1)c1ccccc1. The first kappa shape index (κ1) is 16.3. The predicted octanol–water partition coefficient (Wildman–Crippen LogP) is 3.05. The molecule has 0 fully saturated rings. The number of hydrogen-bond donors (Lipinski definition) is 1. The maximum Gasteiger partial charge on any atom is 0.363 e. The molecule has 0 amide bonds. The van der Waals surface area contributed by atoms with Gasteiger partial charge in [0.2, 0.25) is 0 Å². The maximum absolute atomic E-state index is 6.46. The van der Waals surface area contributed by atoms with Gasteiger partial charge in [0.1, 0.15) is 11.5 Å². The number of aromatic nitrogens is 1. The second-order valence-corrected chi connectivity index (χ2v) is 6.17. The largest absolute Gasteiger partial charge is 0.405 e. The lowest BCUT2D eigenvalue weighted by molar-refractivity contribution is 0.145. The van der Waals surface area contributed by atoms with Gasteiger partial charge in [-0.05, 0) is 36.9 Å². The average Bonchev–Trinajstić information content (AvgIpc) is 2.62. The van der Waals surface area contributed by atoms with Crippen LogP contribution in [0.25, 0.3) is 0 Å². The highest BCUT2D eigenvalue weighted by molar-refractivity contribution is 6.80. The van der Waals surface area contributed by atoms with Gasteiger partial charge in [0.25, 0.3) is 0 Å². The first-order valence-electron chi connectivity index (χ1n) is 8.11. The molecule has 0 bridgehead atoms. The third-order valence-corrected chi connectivity index (χ3v) is 3.71. The second-order valence-electron chi connectivity index (χ2n) is 6.17. The Morgan fingerprint density at radius 2 is 1.33 bits per heavy atom. The van der Waals surface area contributed by atoms with E-state index in [1.165, 1.54) is 0 Å². The van der Waals surface area contributed by atoms with Crippen LogP contribution in [0.5, 0.6) is 0 Å². The van der Waals surface area contributed by atoms with Crippen LogP contribution in [0.3, 0.4) is 0 Å². The minimum absolute atomic E-state index is 0.154. The summed E-state index contributed by atoms with van der Waals surface area (Å²) in [6, 6.07) is 26.3. The highest BCUT2D eigenvalue weighted by atomic mass is 16.5. The van der Waals surface area contributed by atoms with Gasteiger partial charge in [-0.25, -0.2) is 4.98 Å². The number of benzene rings is 2. The summed E-state index contributed by atoms with van der Waals surface area (Å²) in [5, 5.41) is 3.35. The molecule has 1 heterocycles. The van der Waals surface area contributed by atoms with E-state index in [0.29, 0.717) is 0 Å². The van der Waals surface area contributed by atoms with Gasteiger partial charge in [-0.15, -0.1) is 0 Å². The number of rotatable bonds is 6. The Hall–Kier alpha value is -2.59. The molecule has 0 aliphatic rings. The van der Waals surface area contributed by atoms with Gasteiger partial charge < -0.3 is 9.97 Å². The van der Waals surface area contributed by atoms with Crippen molar-refractivity contribution in [2.24, 2.45) is 0 Å². The minimum atomic E-state index is -0.579. The number of nitrogens with zero attached hydrogens (tertiary/aromatic N) is 1. The average molecular weight is 316 g/mol. The van der Waals surface area contributed by atoms with Crippen LogP contribution in [0, 0.1) is 0 Å². The van der Waals surface area contributed by atoms with E-state index in [4.69, 9.17) is 4.65 Å². The van der Waals surface area contributed by atoms with Crippen LogP contribution in [0.1, 0.15) is 13.8 Å². The van der Waals surface area contributed by atoms with E-state index in [-0.39, 0.29) is 6.92 Å². The van der Waals surface area contributed by atoms with E-state index in [1.54, 1.807) is 6.20 Å². The van der Waals surface area contributed by atoms with Gasteiger partial charge >= 0.3 is 6.92 Å². The molecule has 0 aliphatic heterocycles. The van der Waals surface area contributed by atoms with E-state index in [2.05, 4.69) is 34.6 Å². The molecular formula is C20H21BN2O. The van der Waals surface area contributed by atoms with Gasteiger partial charge in [-0.3, -0.25) is 0 Å². The van der Waals surface area contributed by atoms with Crippen LogP contribution in [0.15, 0.2) is 85.1 Å². The van der Waals surface area contributed by atoms with Crippen molar-refractivity contribution in [2.45, 2.75) is 19.6 Å². The highest BCUT2D eigenvalue weighted by Gasteiger charge is 2.29. The molecule has 0 saturated heterocycles. The molecule has 0 saturated carbocycles. The smallest absolute Gasteiger partial charge is 0.363 e. The zero-order chi connectivity index (χ0) is 16.8. The van der Waals surface area contributed by atoms with Crippen molar-refractivity contribution in [3.63, 3.8) is 0 Å². The zero-order valence-corrected chi connectivity index (χ0v) is 14.0. The van der Waals surface area contributed by atoms with Crippen molar-refractivity contribution in [1.29, 1.82) is 0 Å². The molecule has 0 aliphatic carbocycles. The van der Waals surface area contributed by atoms with E-state index in [0.717, 1.165) is 16.7 Å². The van der Waals surface area contributed by atoms with Gasteiger partial charge in [-0.2, -0.15) is 0 Å². The van der Waals surface area contributed by atoms with E-state index >= 15 is 0 Å². The van der Waals surface area contributed by atoms with Crippen molar-refractivity contribution in [3.05, 3.63) is 85.1 Å². The minimum Gasteiger partial charge on any atom is -0.405 e. The molecule has 3 aromatic rings. The first-order valence-corrected chi connectivity index (χ1v) is 8.11. The molecule has 0 unspecified atom stereocenters. The van der Waals surface area contributed by atoms with Crippen LogP contribution in [0.4, 0.5) is 5.82 Å². The Morgan fingerprint density at radius 1 is 0.792 bits per heavy atom. The van der Waals surface area contributed by atoms with Crippen molar-refractivity contribution in [2.75, 3.05) is 5.32 Å². The molecule has 1 N–H and O–H groups in total. The van der Waals surface area contributed by atoms with E-state index < -0.39 is 5.72 Å². The van der Waals surface area contributed by atoms with Crippen molar-refractivity contribution in [3.8, 4) is 0 Å². The number of pyridine rings is 1. The molecule has 0 radical (unpaired) electrons. The third-order valence-electron chi connectivity index (χ3n) is 3.71. The Balaban J connectivity index is 1.86. The molecule has 1 aromatic heterocycles. The summed E-state index contributed by atoms with van der Waals surface area (Å²) in [5.41, 5.74) is 1.67. The Bertz CT molecular complexity index is 709. The van der Waals surface area contributed by atoms with Gasteiger partial charge in [-0.1, -0.05) is 66.7 Å². The number of hydrogen-bond acceptors (Lipinski definition) is 3. The summed E-state index contributed by atoms with van der Waals surface area (Å²) in [5.74, 6) is 0.794. The van der Waals surface area contributed by atoms with E-state index in [1.807, 2.05) is 68.4 Å². The summed E-state index contributed by atoms with van der Waals surface area (Å²) >= 11 is 0. The fourth-order valence-corrected chi connectivity index (χ4v) is 2.65. The Kier molecular flexibility index (Phi) is 4.97. The fraction of sp³-hybridized carbons (Fsp3) is 0.150. The lowest BCUT2D eigenvalue weighted by Crippen LogP contribution is -2.52. The van der Waals surface area contributed by atoms with Gasteiger partial charge in [0.15, 0.2) is 0 Å². The monoisotopic (exact) mass is 316 g/mol. The van der Waals surface area contributed by atoms with Crippen LogP contribution in [-0.2, 0) is 4.65 Å². The normalized spacial score (nSPS) is 11.1. The molecule has 3 nitrogen and oxygen atoms in total. The molecule has 4 heteroatoms. The van der Waals surface area contributed by atoms with Crippen LogP contribution in [-0.4, -0.2) is 17.6 Å². The van der Waals surface area contributed by atoms with Crippen LogP contribution >= 0.6 is 0 Å². The molecule has 0 spiro atoms. The molecular weight excluding hydrogens is 295 g/mol. The molecule has 3 rings (SSSR count). The zero-order valence-electron chi connectivity index (χ0n) is 14.0. The van der Waals surface area contributed by atoms with Gasteiger partial charge in [0, 0.05) is 6.20 Å². The topological polar surface area (TPSA) is 34.2 Å². The predicted molar refractivity (Wildman–Crippen MR) is 101 cm³/mol.